The van der Waals surface area contributed by atoms with Gasteiger partial charge in [-0.25, -0.2) is 4.98 Å². The predicted octanol–water partition coefficient (Wildman–Crippen LogP) is 1.75. The fourth-order valence-electron chi connectivity index (χ4n) is 2.37. The van der Waals surface area contributed by atoms with Crippen molar-refractivity contribution in [3.05, 3.63) is 48.6 Å². The van der Waals surface area contributed by atoms with Crippen LogP contribution in [0.25, 0.3) is 0 Å². The maximum absolute atomic E-state index is 12.2. The summed E-state index contributed by atoms with van der Waals surface area (Å²) in [5, 5.41) is 0.840. The number of rotatable bonds is 4. The molecule has 1 aliphatic rings. The van der Waals surface area contributed by atoms with Crippen molar-refractivity contribution in [3.8, 4) is 0 Å². The van der Waals surface area contributed by atoms with Crippen LogP contribution in [0.15, 0.2) is 52.2 Å². The first kappa shape index (κ1) is 15.6. The molecule has 0 radical (unpaired) electrons. The summed E-state index contributed by atoms with van der Waals surface area (Å²) >= 11 is 1.43. The van der Waals surface area contributed by atoms with Crippen LogP contribution >= 0.6 is 11.8 Å². The molecule has 1 fully saturated rings. The minimum absolute atomic E-state index is 0.0748. The Bertz CT molecular complexity index is 652. The molecule has 0 bridgehead atoms. The Hall–Kier alpha value is -2.28. The van der Waals surface area contributed by atoms with Gasteiger partial charge in [-0.05, 0) is 24.3 Å². The quantitative estimate of drug-likeness (QED) is 0.799. The van der Waals surface area contributed by atoms with Crippen molar-refractivity contribution in [1.82, 2.24) is 14.8 Å². The zero-order chi connectivity index (χ0) is 16.1. The molecule has 23 heavy (non-hydrogen) atoms. The molecule has 0 aliphatic carbocycles. The average molecular weight is 331 g/mol. The van der Waals surface area contributed by atoms with E-state index in [1.165, 1.54) is 18.0 Å². The summed E-state index contributed by atoms with van der Waals surface area (Å²) in [6.45, 7) is 2.15. The first-order valence-corrected chi connectivity index (χ1v) is 8.37. The number of furan rings is 1. The molecule has 3 heterocycles. The van der Waals surface area contributed by atoms with Crippen LogP contribution in [-0.2, 0) is 4.79 Å². The third-order valence-electron chi connectivity index (χ3n) is 3.63. The number of carbonyl (C=O) groups excluding carboxylic acids is 2. The molecule has 2 aromatic heterocycles. The normalized spacial score (nSPS) is 14.8. The number of nitrogens with zero attached hydrogens (tertiary/aromatic N) is 3. The maximum atomic E-state index is 12.2. The fourth-order valence-corrected chi connectivity index (χ4v) is 3.14. The summed E-state index contributed by atoms with van der Waals surface area (Å²) in [6.07, 6.45) is 3.20. The van der Waals surface area contributed by atoms with E-state index in [1.807, 2.05) is 18.2 Å². The van der Waals surface area contributed by atoms with Gasteiger partial charge in [0, 0.05) is 32.4 Å². The van der Waals surface area contributed by atoms with Crippen LogP contribution in [0.4, 0.5) is 0 Å². The predicted molar refractivity (Wildman–Crippen MR) is 86.2 cm³/mol. The number of piperazine rings is 1. The zero-order valence-corrected chi connectivity index (χ0v) is 13.4. The summed E-state index contributed by atoms with van der Waals surface area (Å²) < 4.78 is 5.13. The van der Waals surface area contributed by atoms with E-state index in [-0.39, 0.29) is 11.8 Å². The Labute approximate surface area is 138 Å². The van der Waals surface area contributed by atoms with Gasteiger partial charge < -0.3 is 14.2 Å². The van der Waals surface area contributed by atoms with E-state index >= 15 is 0 Å². The van der Waals surface area contributed by atoms with Gasteiger partial charge in [-0.15, -0.1) is 0 Å². The second kappa shape index (κ2) is 7.32. The van der Waals surface area contributed by atoms with Gasteiger partial charge in [0.2, 0.25) is 5.91 Å². The summed E-state index contributed by atoms with van der Waals surface area (Å²) in [7, 11) is 0. The fraction of sp³-hybridized carbons (Fsp3) is 0.312. The minimum Gasteiger partial charge on any atom is -0.459 e. The molecule has 0 saturated carbocycles. The molecular weight excluding hydrogens is 314 g/mol. The van der Waals surface area contributed by atoms with Gasteiger partial charge in [0.1, 0.15) is 0 Å². The molecule has 2 amide bonds. The number of hydrogen-bond acceptors (Lipinski definition) is 5. The van der Waals surface area contributed by atoms with Gasteiger partial charge >= 0.3 is 0 Å². The number of carbonyl (C=O) groups is 2. The highest BCUT2D eigenvalue weighted by Crippen LogP contribution is 2.16. The van der Waals surface area contributed by atoms with E-state index in [9.17, 15) is 9.59 Å². The van der Waals surface area contributed by atoms with Gasteiger partial charge in [0.05, 0.1) is 17.0 Å². The second-order valence-electron chi connectivity index (χ2n) is 5.11. The van der Waals surface area contributed by atoms with Gasteiger partial charge in [0.15, 0.2) is 5.76 Å². The number of amides is 2. The third-order valence-corrected chi connectivity index (χ3v) is 4.56. The molecule has 2 aromatic rings. The van der Waals surface area contributed by atoms with Gasteiger partial charge in [-0.3, -0.25) is 9.59 Å². The van der Waals surface area contributed by atoms with E-state index in [0.717, 1.165) is 5.03 Å². The smallest absolute Gasteiger partial charge is 0.289 e. The van der Waals surface area contributed by atoms with Crippen molar-refractivity contribution in [3.63, 3.8) is 0 Å². The van der Waals surface area contributed by atoms with Crippen LogP contribution in [0.3, 0.4) is 0 Å². The molecule has 7 heteroatoms. The summed E-state index contributed by atoms with van der Waals surface area (Å²) in [5.74, 6) is 0.662. The second-order valence-corrected chi connectivity index (χ2v) is 6.10. The molecule has 0 N–H and O–H groups in total. The maximum Gasteiger partial charge on any atom is 0.289 e. The molecule has 6 nitrogen and oxygen atoms in total. The Kier molecular flexibility index (Phi) is 4.97. The lowest BCUT2D eigenvalue weighted by Gasteiger charge is -2.34. The van der Waals surface area contributed by atoms with Crippen LogP contribution in [0.5, 0.6) is 0 Å². The van der Waals surface area contributed by atoms with Crippen LogP contribution in [-0.4, -0.2) is 58.5 Å². The number of pyridine rings is 1. The monoisotopic (exact) mass is 331 g/mol. The van der Waals surface area contributed by atoms with Crippen LogP contribution in [0.2, 0.25) is 0 Å². The summed E-state index contributed by atoms with van der Waals surface area (Å²) in [6, 6.07) is 8.99. The van der Waals surface area contributed by atoms with Gasteiger partial charge in [-0.2, -0.15) is 0 Å². The van der Waals surface area contributed by atoms with Crippen molar-refractivity contribution in [2.75, 3.05) is 31.9 Å². The summed E-state index contributed by atoms with van der Waals surface area (Å²) in [4.78, 5) is 32.1. The molecule has 120 valence electrons. The lowest BCUT2D eigenvalue weighted by Crippen LogP contribution is -2.51. The minimum atomic E-state index is -0.120. The van der Waals surface area contributed by atoms with Crippen molar-refractivity contribution < 1.29 is 14.0 Å². The molecule has 1 saturated heterocycles. The van der Waals surface area contributed by atoms with Crippen LogP contribution < -0.4 is 0 Å². The first-order chi connectivity index (χ1) is 11.2. The zero-order valence-electron chi connectivity index (χ0n) is 12.6. The van der Waals surface area contributed by atoms with E-state index in [4.69, 9.17) is 4.42 Å². The number of aromatic nitrogens is 1. The lowest BCUT2D eigenvalue weighted by molar-refractivity contribution is -0.129. The standard InChI is InChI=1S/C16H17N3O3S/c20-15(12-23-14-5-1-2-6-17-14)18-7-9-19(10-8-18)16(21)13-4-3-11-22-13/h1-6,11H,7-10,12H2. The topological polar surface area (TPSA) is 66.7 Å². The first-order valence-electron chi connectivity index (χ1n) is 7.38. The highest BCUT2D eigenvalue weighted by molar-refractivity contribution is 7.99. The number of thioether (sulfide) groups is 1. The Morgan fingerprint density at radius 3 is 2.52 bits per heavy atom. The average Bonchev–Trinajstić information content (AvgIpc) is 3.15. The van der Waals surface area contributed by atoms with Gasteiger partial charge in [-0.1, -0.05) is 17.8 Å². The Morgan fingerprint density at radius 2 is 1.87 bits per heavy atom. The van der Waals surface area contributed by atoms with E-state index in [1.54, 1.807) is 28.1 Å². The summed E-state index contributed by atoms with van der Waals surface area (Å²) in [5.41, 5.74) is 0. The van der Waals surface area contributed by atoms with Gasteiger partial charge in [0.25, 0.3) is 5.91 Å². The van der Waals surface area contributed by atoms with E-state index in [2.05, 4.69) is 4.98 Å². The molecular formula is C16H17N3O3S. The highest BCUT2D eigenvalue weighted by Gasteiger charge is 2.25. The Morgan fingerprint density at radius 1 is 1.09 bits per heavy atom. The van der Waals surface area contributed by atoms with Crippen LogP contribution in [0.1, 0.15) is 10.6 Å². The van der Waals surface area contributed by atoms with E-state index < -0.39 is 0 Å². The number of hydrogen-bond donors (Lipinski definition) is 0. The van der Waals surface area contributed by atoms with Crippen molar-refractivity contribution in [2.45, 2.75) is 5.03 Å². The van der Waals surface area contributed by atoms with Crippen molar-refractivity contribution >= 4 is 23.6 Å². The molecule has 0 atom stereocenters. The van der Waals surface area contributed by atoms with Crippen molar-refractivity contribution in [1.29, 1.82) is 0 Å². The van der Waals surface area contributed by atoms with E-state index in [0.29, 0.717) is 37.7 Å². The van der Waals surface area contributed by atoms with Crippen molar-refractivity contribution in [2.24, 2.45) is 0 Å². The molecule has 0 spiro atoms. The molecule has 3 rings (SSSR count). The Balaban J connectivity index is 1.47. The van der Waals surface area contributed by atoms with Crippen LogP contribution in [0, 0.1) is 0 Å². The SMILES string of the molecule is O=C(CSc1ccccn1)N1CCN(C(=O)c2ccco2)CC1. The largest absolute Gasteiger partial charge is 0.459 e. The third kappa shape index (κ3) is 3.92. The molecule has 0 aromatic carbocycles. The molecule has 1 aliphatic heterocycles. The molecule has 0 unspecified atom stereocenters. The lowest BCUT2D eigenvalue weighted by atomic mass is 10.3. The highest BCUT2D eigenvalue weighted by atomic mass is 32.2.